The Balaban J connectivity index is 2.31. The fourth-order valence-corrected chi connectivity index (χ4v) is 4.04. The van der Waals surface area contributed by atoms with Crippen molar-refractivity contribution in [1.82, 2.24) is 0 Å². The largest absolute Gasteiger partial charge is 0.416 e. The molecule has 0 bridgehead atoms. The van der Waals surface area contributed by atoms with Gasteiger partial charge in [0, 0.05) is 0 Å². The summed E-state index contributed by atoms with van der Waals surface area (Å²) in [5.41, 5.74) is -1.26. The number of alkyl halides is 3. The molecule has 0 aliphatic heterocycles. The third-order valence-corrected chi connectivity index (χ3v) is 5.54. The van der Waals surface area contributed by atoms with Crippen molar-refractivity contribution < 1.29 is 23.4 Å². The molecule has 0 amide bonds. The minimum absolute atomic E-state index is 0.119. The van der Waals surface area contributed by atoms with Gasteiger partial charge < -0.3 is 10.2 Å². The highest BCUT2D eigenvalue weighted by molar-refractivity contribution is 5.31. The number of aliphatic hydroxyl groups excluding tert-OH is 1. The van der Waals surface area contributed by atoms with Crippen LogP contribution in [-0.4, -0.2) is 15.8 Å². The molecule has 2 nitrogen and oxygen atoms in total. The molecule has 1 aromatic carbocycles. The lowest BCUT2D eigenvalue weighted by Gasteiger charge is -2.37. The van der Waals surface area contributed by atoms with Crippen LogP contribution >= 0.6 is 0 Å². The minimum atomic E-state index is -4.42. The maximum absolute atomic E-state index is 12.8. The quantitative estimate of drug-likeness (QED) is 0.587. The van der Waals surface area contributed by atoms with Gasteiger partial charge in [0.2, 0.25) is 0 Å². The van der Waals surface area contributed by atoms with Crippen molar-refractivity contribution in [3.05, 3.63) is 47.0 Å². The molecule has 1 fully saturated rings. The Labute approximate surface area is 160 Å². The molecule has 2 atom stereocenters. The van der Waals surface area contributed by atoms with E-state index in [0.717, 1.165) is 25.0 Å². The van der Waals surface area contributed by atoms with Gasteiger partial charge >= 0.3 is 6.18 Å². The highest BCUT2D eigenvalue weighted by Gasteiger charge is 2.40. The molecule has 0 saturated heterocycles. The van der Waals surface area contributed by atoms with Gasteiger partial charge in [-0.2, -0.15) is 13.2 Å². The lowest BCUT2D eigenvalue weighted by Crippen LogP contribution is -2.39. The van der Waals surface area contributed by atoms with E-state index in [2.05, 4.69) is 6.08 Å². The summed E-state index contributed by atoms with van der Waals surface area (Å²) in [6.07, 6.45) is 2.41. The highest BCUT2D eigenvalue weighted by atomic mass is 19.4. The first-order chi connectivity index (χ1) is 12.5. The van der Waals surface area contributed by atoms with Crippen molar-refractivity contribution in [3.8, 4) is 0 Å². The van der Waals surface area contributed by atoms with E-state index in [-0.39, 0.29) is 5.92 Å². The molecule has 0 heterocycles. The van der Waals surface area contributed by atoms with Crippen LogP contribution in [0.5, 0.6) is 0 Å². The highest BCUT2D eigenvalue weighted by Crippen LogP contribution is 2.40. The summed E-state index contributed by atoms with van der Waals surface area (Å²) >= 11 is 0. The van der Waals surface area contributed by atoms with Crippen LogP contribution < -0.4 is 0 Å². The Morgan fingerprint density at radius 3 is 2.15 bits per heavy atom. The number of allylic oxidation sites excluding steroid dienone is 1. The smallest absolute Gasteiger partial charge is 0.385 e. The van der Waals surface area contributed by atoms with Gasteiger partial charge in [-0.1, -0.05) is 51.3 Å². The van der Waals surface area contributed by atoms with Crippen LogP contribution in [0.4, 0.5) is 13.2 Å². The van der Waals surface area contributed by atoms with Crippen molar-refractivity contribution in [2.75, 3.05) is 0 Å². The number of hydrogen-bond acceptors (Lipinski definition) is 2. The van der Waals surface area contributed by atoms with Crippen LogP contribution in [0.2, 0.25) is 0 Å². The monoisotopic (exact) mass is 384 g/mol. The van der Waals surface area contributed by atoms with E-state index in [9.17, 15) is 23.4 Å². The van der Waals surface area contributed by atoms with Crippen LogP contribution in [0.25, 0.3) is 0 Å². The molecule has 1 saturated carbocycles. The lowest BCUT2D eigenvalue weighted by molar-refractivity contribution is -0.137. The fourth-order valence-electron chi connectivity index (χ4n) is 4.04. The molecule has 0 radical (unpaired) electrons. The molecule has 27 heavy (non-hydrogen) atoms. The molecule has 0 aromatic heterocycles. The molecule has 152 valence electrons. The molecule has 1 aromatic rings. The van der Waals surface area contributed by atoms with Crippen molar-refractivity contribution in [3.63, 3.8) is 0 Å². The first-order valence-electron chi connectivity index (χ1n) is 9.80. The Hall–Kier alpha value is -1.33. The van der Waals surface area contributed by atoms with Gasteiger partial charge in [-0.05, 0) is 61.3 Å². The Morgan fingerprint density at radius 2 is 1.67 bits per heavy atom. The molecular weight excluding hydrogens is 353 g/mol. The van der Waals surface area contributed by atoms with E-state index in [1.807, 2.05) is 20.8 Å². The predicted octanol–water partition coefficient (Wildman–Crippen LogP) is 6.04. The van der Waals surface area contributed by atoms with Gasteiger partial charge in [0.15, 0.2) is 0 Å². The molecule has 1 unspecified atom stereocenters. The molecule has 1 aliphatic carbocycles. The number of hydrogen-bond donors (Lipinski definition) is 2. The minimum Gasteiger partial charge on any atom is -0.385 e. The van der Waals surface area contributed by atoms with Gasteiger partial charge in [0.05, 0.1) is 5.56 Å². The Kier molecular flexibility index (Phi) is 7.14. The standard InChI is InChI=1S/C22H31F3O2/c1-15(2)14-21(27,16(3)13-17-7-5-4-6-8-17)20(26)18-9-11-19(12-10-18)22(23,24)25/h9-13,15,17,20,26-27H,4-8,14H2,1-3H3/b16-13+/t20?,21-/m0/s1. The second-order valence-corrected chi connectivity index (χ2v) is 8.29. The maximum atomic E-state index is 12.8. The molecule has 2 rings (SSSR count). The van der Waals surface area contributed by atoms with E-state index in [1.165, 1.54) is 31.4 Å². The summed E-state index contributed by atoms with van der Waals surface area (Å²) in [6.45, 7) is 5.74. The van der Waals surface area contributed by atoms with Gasteiger partial charge in [-0.3, -0.25) is 0 Å². The van der Waals surface area contributed by atoms with Crippen LogP contribution in [0.15, 0.2) is 35.9 Å². The van der Waals surface area contributed by atoms with Crippen LogP contribution in [0.3, 0.4) is 0 Å². The average Bonchev–Trinajstić information content (AvgIpc) is 2.60. The van der Waals surface area contributed by atoms with E-state index >= 15 is 0 Å². The third kappa shape index (κ3) is 5.58. The Bertz CT molecular complexity index is 628. The second-order valence-electron chi connectivity index (χ2n) is 8.29. The number of rotatable bonds is 6. The van der Waals surface area contributed by atoms with E-state index < -0.39 is 23.4 Å². The Morgan fingerprint density at radius 1 is 1.11 bits per heavy atom. The predicted molar refractivity (Wildman–Crippen MR) is 101 cm³/mol. The first-order valence-corrected chi connectivity index (χ1v) is 9.80. The number of aliphatic hydroxyl groups is 2. The third-order valence-electron chi connectivity index (χ3n) is 5.54. The van der Waals surface area contributed by atoms with Crippen molar-refractivity contribution in [2.24, 2.45) is 11.8 Å². The van der Waals surface area contributed by atoms with E-state index in [4.69, 9.17) is 0 Å². The summed E-state index contributed by atoms with van der Waals surface area (Å²) in [6, 6.07) is 4.42. The zero-order valence-corrected chi connectivity index (χ0v) is 16.4. The van der Waals surface area contributed by atoms with Crippen molar-refractivity contribution in [1.29, 1.82) is 0 Å². The van der Waals surface area contributed by atoms with E-state index in [0.29, 0.717) is 23.5 Å². The molecule has 5 heteroatoms. The summed E-state index contributed by atoms with van der Waals surface area (Å²) in [4.78, 5) is 0. The van der Waals surface area contributed by atoms with E-state index in [1.54, 1.807) is 0 Å². The molecular formula is C22H31F3O2. The fraction of sp³-hybridized carbons (Fsp3) is 0.636. The lowest BCUT2D eigenvalue weighted by atomic mass is 9.76. The SMILES string of the molecule is C/C(=C\C1CCCCC1)[C@@](O)(CC(C)C)C(O)c1ccc(C(F)(F)F)cc1. The zero-order chi connectivity index (χ0) is 20.2. The second kappa shape index (κ2) is 8.78. The van der Waals surface area contributed by atoms with Gasteiger partial charge in [0.1, 0.15) is 11.7 Å². The van der Waals surface area contributed by atoms with Gasteiger partial charge in [0.25, 0.3) is 0 Å². The maximum Gasteiger partial charge on any atom is 0.416 e. The zero-order valence-electron chi connectivity index (χ0n) is 16.4. The van der Waals surface area contributed by atoms with Crippen LogP contribution in [-0.2, 0) is 6.18 Å². The van der Waals surface area contributed by atoms with Crippen molar-refractivity contribution in [2.45, 2.75) is 77.2 Å². The summed E-state index contributed by atoms with van der Waals surface area (Å²) in [7, 11) is 0. The molecule has 2 N–H and O–H groups in total. The topological polar surface area (TPSA) is 40.5 Å². The number of halogens is 3. The first kappa shape index (κ1) is 22.0. The number of benzene rings is 1. The van der Waals surface area contributed by atoms with Crippen LogP contribution in [0, 0.1) is 11.8 Å². The normalized spacial score (nSPS) is 20.6. The summed E-state index contributed by atoms with van der Waals surface area (Å²) < 4.78 is 38.4. The molecule has 0 spiro atoms. The molecule has 1 aliphatic rings. The van der Waals surface area contributed by atoms with Gasteiger partial charge in [-0.25, -0.2) is 0 Å². The average molecular weight is 384 g/mol. The summed E-state index contributed by atoms with van der Waals surface area (Å²) in [5, 5.41) is 22.3. The summed E-state index contributed by atoms with van der Waals surface area (Å²) in [5.74, 6) is 0.506. The van der Waals surface area contributed by atoms with Crippen LogP contribution in [0.1, 0.15) is 76.5 Å². The van der Waals surface area contributed by atoms with Gasteiger partial charge in [-0.15, -0.1) is 0 Å². The van der Waals surface area contributed by atoms with Crippen molar-refractivity contribution >= 4 is 0 Å².